The molecule has 3 aromatic carbocycles. The molecule has 1 atom stereocenters. The molecule has 7 nitrogen and oxygen atoms in total. The standard InChI is InChI=1S/C30H30N2O5/c1-31(2)16-9-17-32-27(26-28(33)22-12-7-8-13-23(22)37-29(26)30(32)34)21-14-15-24(25(18-21)35-3)36-19-20-10-5-4-6-11-20/h4-8,10-15,18,27H,9,16-17,19H2,1-3H3. The first-order valence-corrected chi connectivity index (χ1v) is 12.3. The van der Waals surface area contributed by atoms with Gasteiger partial charge in [0.2, 0.25) is 5.76 Å². The van der Waals surface area contributed by atoms with Crippen molar-refractivity contribution in [1.82, 2.24) is 9.80 Å². The second kappa shape index (κ2) is 10.5. The zero-order valence-electron chi connectivity index (χ0n) is 21.3. The van der Waals surface area contributed by atoms with E-state index >= 15 is 0 Å². The number of amides is 1. The number of nitrogens with zero attached hydrogens (tertiary/aromatic N) is 2. The van der Waals surface area contributed by atoms with Crippen molar-refractivity contribution >= 4 is 16.9 Å². The molecule has 0 fully saturated rings. The predicted molar refractivity (Wildman–Crippen MR) is 142 cm³/mol. The Kier molecular flexibility index (Phi) is 6.97. The molecule has 4 aromatic rings. The van der Waals surface area contributed by atoms with Gasteiger partial charge in [0.05, 0.1) is 24.1 Å². The van der Waals surface area contributed by atoms with Gasteiger partial charge in [0.15, 0.2) is 16.9 Å². The SMILES string of the molecule is COc1cc(C2c3c(oc4ccccc4c3=O)C(=O)N2CCCN(C)C)ccc1OCc1ccccc1. The summed E-state index contributed by atoms with van der Waals surface area (Å²) in [6.45, 7) is 1.69. The first-order chi connectivity index (χ1) is 18.0. The largest absolute Gasteiger partial charge is 0.493 e. The van der Waals surface area contributed by atoms with Crippen LogP contribution >= 0.6 is 0 Å². The lowest BCUT2D eigenvalue weighted by Crippen LogP contribution is -2.32. The van der Waals surface area contributed by atoms with E-state index in [1.807, 2.05) is 62.6 Å². The smallest absolute Gasteiger partial charge is 0.290 e. The number of fused-ring (bicyclic) bond motifs is 2. The van der Waals surface area contributed by atoms with E-state index in [0.29, 0.717) is 41.2 Å². The number of carbonyl (C=O) groups is 1. The zero-order chi connectivity index (χ0) is 25.9. The summed E-state index contributed by atoms with van der Waals surface area (Å²) in [7, 11) is 5.57. The van der Waals surface area contributed by atoms with Gasteiger partial charge in [0.25, 0.3) is 5.91 Å². The van der Waals surface area contributed by atoms with Crippen LogP contribution in [0.25, 0.3) is 11.0 Å². The Labute approximate surface area is 215 Å². The third kappa shape index (κ3) is 4.82. The average molecular weight is 499 g/mol. The van der Waals surface area contributed by atoms with Crippen LogP contribution in [0.4, 0.5) is 0 Å². The fraction of sp³-hybridized carbons (Fsp3) is 0.267. The highest BCUT2D eigenvalue weighted by Crippen LogP contribution is 2.41. The molecule has 2 heterocycles. The van der Waals surface area contributed by atoms with Crippen molar-refractivity contribution in [2.75, 3.05) is 34.3 Å². The fourth-order valence-corrected chi connectivity index (χ4v) is 4.81. The summed E-state index contributed by atoms with van der Waals surface area (Å²) in [5.41, 5.74) is 2.40. The van der Waals surface area contributed by atoms with Gasteiger partial charge in [-0.2, -0.15) is 0 Å². The number of carbonyl (C=O) groups excluding carboxylic acids is 1. The molecular weight excluding hydrogens is 468 g/mol. The molecule has 5 rings (SSSR count). The molecule has 37 heavy (non-hydrogen) atoms. The van der Waals surface area contributed by atoms with Crippen molar-refractivity contribution in [3.8, 4) is 11.5 Å². The van der Waals surface area contributed by atoms with Crippen LogP contribution in [0.1, 0.15) is 39.7 Å². The summed E-state index contributed by atoms with van der Waals surface area (Å²) < 4.78 is 17.7. The van der Waals surface area contributed by atoms with Gasteiger partial charge in [-0.3, -0.25) is 9.59 Å². The molecule has 7 heteroatoms. The van der Waals surface area contributed by atoms with E-state index in [1.165, 1.54) is 0 Å². The van der Waals surface area contributed by atoms with Gasteiger partial charge in [0.1, 0.15) is 12.2 Å². The Morgan fingerprint density at radius 2 is 1.70 bits per heavy atom. The third-order valence-corrected chi connectivity index (χ3v) is 6.62. The van der Waals surface area contributed by atoms with Crippen LogP contribution in [-0.4, -0.2) is 50.0 Å². The molecule has 1 aliphatic heterocycles. The molecule has 0 bridgehead atoms. The molecule has 0 saturated carbocycles. The van der Waals surface area contributed by atoms with Crippen molar-refractivity contribution in [3.05, 3.63) is 105 Å². The van der Waals surface area contributed by atoms with Gasteiger partial charge in [-0.1, -0.05) is 48.5 Å². The number of para-hydroxylation sites is 1. The van der Waals surface area contributed by atoms with Crippen molar-refractivity contribution in [2.45, 2.75) is 19.1 Å². The van der Waals surface area contributed by atoms with E-state index in [0.717, 1.165) is 24.1 Å². The Morgan fingerprint density at radius 3 is 2.46 bits per heavy atom. The van der Waals surface area contributed by atoms with E-state index in [-0.39, 0.29) is 17.1 Å². The van der Waals surface area contributed by atoms with E-state index < -0.39 is 6.04 Å². The maximum absolute atomic E-state index is 13.7. The summed E-state index contributed by atoms with van der Waals surface area (Å²) in [4.78, 5) is 31.0. The van der Waals surface area contributed by atoms with Gasteiger partial charge in [-0.25, -0.2) is 0 Å². The first-order valence-electron chi connectivity index (χ1n) is 12.3. The lowest BCUT2D eigenvalue weighted by Gasteiger charge is -2.26. The van der Waals surface area contributed by atoms with Crippen LogP contribution in [-0.2, 0) is 6.61 Å². The molecule has 0 N–H and O–H groups in total. The lowest BCUT2D eigenvalue weighted by atomic mass is 9.98. The van der Waals surface area contributed by atoms with Crippen LogP contribution in [0.15, 0.2) is 82.0 Å². The van der Waals surface area contributed by atoms with Crippen molar-refractivity contribution in [2.24, 2.45) is 0 Å². The van der Waals surface area contributed by atoms with E-state index in [1.54, 1.807) is 36.3 Å². The molecule has 1 aliphatic rings. The Morgan fingerprint density at radius 1 is 0.946 bits per heavy atom. The normalized spacial score (nSPS) is 14.9. The molecule has 190 valence electrons. The topological polar surface area (TPSA) is 72.2 Å². The van der Waals surface area contributed by atoms with Gasteiger partial charge >= 0.3 is 0 Å². The summed E-state index contributed by atoms with van der Waals surface area (Å²) in [5.74, 6) is 0.962. The van der Waals surface area contributed by atoms with Gasteiger partial charge < -0.3 is 23.7 Å². The fourth-order valence-electron chi connectivity index (χ4n) is 4.81. The molecule has 0 aliphatic carbocycles. The Bertz CT molecular complexity index is 1480. The molecule has 0 saturated heterocycles. The number of hydrogen-bond donors (Lipinski definition) is 0. The predicted octanol–water partition coefficient (Wildman–Crippen LogP) is 4.88. The second-order valence-electron chi connectivity index (χ2n) is 9.41. The minimum atomic E-state index is -0.581. The first kappa shape index (κ1) is 24.6. The van der Waals surface area contributed by atoms with Crippen LogP contribution in [0.3, 0.4) is 0 Å². The van der Waals surface area contributed by atoms with Crippen LogP contribution < -0.4 is 14.9 Å². The summed E-state index contributed by atoms with van der Waals surface area (Å²) in [6.07, 6.45) is 0.756. The summed E-state index contributed by atoms with van der Waals surface area (Å²) in [6, 6.07) is 21.9. The van der Waals surface area contributed by atoms with Gasteiger partial charge in [0, 0.05) is 6.54 Å². The summed E-state index contributed by atoms with van der Waals surface area (Å²) in [5, 5.41) is 0.462. The molecular formula is C30H30N2O5. The van der Waals surface area contributed by atoms with Crippen molar-refractivity contribution in [3.63, 3.8) is 0 Å². The van der Waals surface area contributed by atoms with E-state index in [9.17, 15) is 9.59 Å². The highest BCUT2D eigenvalue weighted by molar-refractivity contribution is 5.99. The number of benzene rings is 3. The molecule has 1 aromatic heterocycles. The van der Waals surface area contributed by atoms with Gasteiger partial charge in [-0.15, -0.1) is 0 Å². The maximum Gasteiger partial charge on any atom is 0.290 e. The average Bonchev–Trinajstić information content (AvgIpc) is 3.19. The highest BCUT2D eigenvalue weighted by Gasteiger charge is 2.42. The Balaban J connectivity index is 1.55. The molecule has 1 amide bonds. The Hall–Kier alpha value is -4.10. The molecule has 1 unspecified atom stereocenters. The monoisotopic (exact) mass is 498 g/mol. The van der Waals surface area contributed by atoms with Crippen LogP contribution in [0.2, 0.25) is 0 Å². The van der Waals surface area contributed by atoms with Crippen molar-refractivity contribution in [1.29, 1.82) is 0 Å². The third-order valence-electron chi connectivity index (χ3n) is 6.62. The number of rotatable bonds is 9. The quantitative estimate of drug-likeness (QED) is 0.328. The van der Waals surface area contributed by atoms with Gasteiger partial charge in [-0.05, 0) is 62.5 Å². The maximum atomic E-state index is 13.7. The molecule has 0 radical (unpaired) electrons. The number of ether oxygens (including phenoxy) is 2. The van der Waals surface area contributed by atoms with Crippen LogP contribution in [0.5, 0.6) is 11.5 Å². The van der Waals surface area contributed by atoms with E-state index in [4.69, 9.17) is 13.9 Å². The number of methoxy groups -OCH3 is 1. The summed E-state index contributed by atoms with van der Waals surface area (Å²) >= 11 is 0. The highest BCUT2D eigenvalue weighted by atomic mass is 16.5. The van der Waals surface area contributed by atoms with E-state index in [2.05, 4.69) is 4.90 Å². The minimum absolute atomic E-state index is 0.113. The second-order valence-corrected chi connectivity index (χ2v) is 9.41. The minimum Gasteiger partial charge on any atom is -0.493 e. The molecule has 0 spiro atoms. The van der Waals surface area contributed by atoms with Crippen LogP contribution in [0, 0.1) is 0 Å². The number of hydrogen-bond acceptors (Lipinski definition) is 6. The van der Waals surface area contributed by atoms with Crippen molar-refractivity contribution < 1.29 is 18.7 Å². The lowest BCUT2D eigenvalue weighted by molar-refractivity contribution is 0.0722. The zero-order valence-corrected chi connectivity index (χ0v) is 21.3.